The molecule has 0 atom stereocenters. The normalized spacial score (nSPS) is 10.2. The molecule has 6 nitrogen and oxygen atoms in total. The van der Waals surface area contributed by atoms with Crippen LogP contribution in [0, 0.1) is 0 Å². The van der Waals surface area contributed by atoms with Crippen LogP contribution in [0.4, 0.5) is 0 Å². The molecule has 2 aromatic heterocycles. The van der Waals surface area contributed by atoms with Crippen molar-refractivity contribution in [2.24, 2.45) is 0 Å². The van der Waals surface area contributed by atoms with E-state index in [1.165, 1.54) is 17.8 Å². The van der Waals surface area contributed by atoms with E-state index in [4.69, 9.17) is 9.63 Å². The van der Waals surface area contributed by atoms with Crippen LogP contribution in [0.25, 0.3) is 0 Å². The number of thioether (sulfide) groups is 1. The molecular weight excluding hydrogens is 230 g/mol. The highest BCUT2D eigenvalue weighted by Gasteiger charge is 2.10. The van der Waals surface area contributed by atoms with Gasteiger partial charge in [0.05, 0.1) is 5.75 Å². The van der Waals surface area contributed by atoms with Gasteiger partial charge in [0.1, 0.15) is 5.76 Å². The average molecular weight is 237 g/mol. The molecule has 2 rings (SSSR count). The van der Waals surface area contributed by atoms with Crippen molar-refractivity contribution in [3.8, 4) is 0 Å². The fourth-order valence-corrected chi connectivity index (χ4v) is 1.66. The second kappa shape index (κ2) is 4.75. The summed E-state index contributed by atoms with van der Waals surface area (Å²) in [5.41, 5.74) is -0.0930. The van der Waals surface area contributed by atoms with Crippen molar-refractivity contribution in [3.05, 3.63) is 36.0 Å². The number of nitrogens with zero attached hydrogens (tertiary/aromatic N) is 3. The number of hydrogen-bond acceptors (Lipinski definition) is 6. The molecular formula is C9H7N3O3S. The van der Waals surface area contributed by atoms with Gasteiger partial charge in [-0.1, -0.05) is 16.9 Å². The van der Waals surface area contributed by atoms with E-state index in [0.29, 0.717) is 16.7 Å². The summed E-state index contributed by atoms with van der Waals surface area (Å²) in [6.07, 6.45) is 3.27. The van der Waals surface area contributed by atoms with Crippen molar-refractivity contribution in [1.82, 2.24) is 15.1 Å². The molecule has 0 aliphatic heterocycles. The maximum absolute atomic E-state index is 10.5. The van der Waals surface area contributed by atoms with Crippen LogP contribution >= 0.6 is 11.8 Å². The molecule has 0 bridgehead atoms. The molecule has 1 N–H and O–H groups in total. The summed E-state index contributed by atoms with van der Waals surface area (Å²) in [6.45, 7) is 0. The van der Waals surface area contributed by atoms with Gasteiger partial charge in [-0.05, 0) is 6.07 Å². The van der Waals surface area contributed by atoms with Gasteiger partial charge in [-0.3, -0.25) is 0 Å². The number of rotatable bonds is 4. The van der Waals surface area contributed by atoms with Gasteiger partial charge in [0, 0.05) is 18.5 Å². The first kappa shape index (κ1) is 10.6. The van der Waals surface area contributed by atoms with Crippen LogP contribution in [-0.4, -0.2) is 26.2 Å². The Kier molecular flexibility index (Phi) is 3.16. The summed E-state index contributed by atoms with van der Waals surface area (Å²) in [6, 6.07) is 3.11. The van der Waals surface area contributed by atoms with E-state index in [1.54, 1.807) is 18.5 Å². The zero-order valence-electron chi connectivity index (χ0n) is 8.03. The lowest BCUT2D eigenvalue weighted by molar-refractivity contribution is 0.0685. The molecule has 0 fully saturated rings. The van der Waals surface area contributed by atoms with Crippen LogP contribution in [0.5, 0.6) is 0 Å². The van der Waals surface area contributed by atoms with Gasteiger partial charge in [0.25, 0.3) is 0 Å². The van der Waals surface area contributed by atoms with Crippen molar-refractivity contribution in [2.45, 2.75) is 10.9 Å². The molecule has 16 heavy (non-hydrogen) atoms. The highest BCUT2D eigenvalue weighted by Crippen LogP contribution is 2.18. The predicted octanol–water partition coefficient (Wildman–Crippen LogP) is 1.46. The van der Waals surface area contributed by atoms with Gasteiger partial charge in [-0.2, -0.15) is 0 Å². The Balaban J connectivity index is 1.97. The number of carboxylic acid groups (broad SMARTS) is 1. The van der Waals surface area contributed by atoms with E-state index >= 15 is 0 Å². The molecule has 0 aliphatic rings. The van der Waals surface area contributed by atoms with E-state index in [-0.39, 0.29) is 5.69 Å². The Bertz CT molecular complexity index is 486. The third kappa shape index (κ3) is 2.57. The number of hydrogen-bond donors (Lipinski definition) is 1. The molecule has 82 valence electrons. The van der Waals surface area contributed by atoms with Gasteiger partial charge < -0.3 is 9.63 Å². The lowest BCUT2D eigenvalue weighted by Gasteiger charge is -1.94. The number of carboxylic acids is 1. The monoisotopic (exact) mass is 237 g/mol. The lowest BCUT2D eigenvalue weighted by atomic mass is 10.4. The van der Waals surface area contributed by atoms with Crippen LogP contribution in [0.2, 0.25) is 0 Å². The first-order chi connectivity index (χ1) is 7.75. The highest BCUT2D eigenvalue weighted by atomic mass is 32.2. The third-order valence-corrected chi connectivity index (χ3v) is 2.56. The van der Waals surface area contributed by atoms with Crippen molar-refractivity contribution in [1.29, 1.82) is 0 Å². The highest BCUT2D eigenvalue weighted by molar-refractivity contribution is 7.98. The van der Waals surface area contributed by atoms with Crippen LogP contribution in [0.15, 0.2) is 34.2 Å². The molecule has 7 heteroatoms. The summed E-state index contributed by atoms with van der Waals surface area (Å²) in [7, 11) is 0. The molecule has 0 saturated heterocycles. The molecule has 0 radical (unpaired) electrons. The standard InChI is InChI=1S/C9H7N3O3S/c13-8(14)7-4-6(15-12-7)5-16-9-10-2-1-3-11-9/h1-4H,5H2,(H,13,14). The molecule has 0 saturated carbocycles. The van der Waals surface area contributed by atoms with Crippen molar-refractivity contribution >= 4 is 17.7 Å². The largest absolute Gasteiger partial charge is 0.476 e. The van der Waals surface area contributed by atoms with Gasteiger partial charge in [0.15, 0.2) is 10.9 Å². The minimum Gasteiger partial charge on any atom is -0.476 e. The summed E-state index contributed by atoms with van der Waals surface area (Å²) in [5.74, 6) is -0.171. The molecule has 0 amide bonds. The van der Waals surface area contributed by atoms with Gasteiger partial charge in [0.2, 0.25) is 0 Å². The molecule has 2 aromatic rings. The molecule has 2 heterocycles. The Labute approximate surface area is 94.7 Å². The van der Waals surface area contributed by atoms with Gasteiger partial charge in [-0.15, -0.1) is 0 Å². The van der Waals surface area contributed by atoms with Crippen LogP contribution in [0.1, 0.15) is 16.2 Å². The summed E-state index contributed by atoms with van der Waals surface area (Å²) in [4.78, 5) is 18.6. The average Bonchev–Trinajstić information content (AvgIpc) is 2.76. The second-order valence-corrected chi connectivity index (χ2v) is 3.75. The number of carbonyl (C=O) groups is 1. The maximum atomic E-state index is 10.5. The smallest absolute Gasteiger partial charge is 0.358 e. The summed E-state index contributed by atoms with van der Waals surface area (Å²) in [5, 5.41) is 12.6. The fraction of sp³-hybridized carbons (Fsp3) is 0.111. The Morgan fingerprint density at radius 2 is 2.19 bits per heavy atom. The van der Waals surface area contributed by atoms with E-state index < -0.39 is 5.97 Å². The number of aromatic nitrogens is 3. The SMILES string of the molecule is O=C(O)c1cc(CSc2ncccn2)on1. The third-order valence-electron chi connectivity index (χ3n) is 1.66. The second-order valence-electron chi connectivity index (χ2n) is 2.80. The Hall–Kier alpha value is -1.89. The minimum absolute atomic E-state index is 0.0930. The zero-order chi connectivity index (χ0) is 11.4. The van der Waals surface area contributed by atoms with Crippen molar-refractivity contribution in [2.75, 3.05) is 0 Å². The first-order valence-corrected chi connectivity index (χ1v) is 5.33. The van der Waals surface area contributed by atoms with Gasteiger partial charge in [-0.25, -0.2) is 14.8 Å². The first-order valence-electron chi connectivity index (χ1n) is 4.34. The zero-order valence-corrected chi connectivity index (χ0v) is 8.85. The molecule has 0 spiro atoms. The minimum atomic E-state index is -1.10. The Morgan fingerprint density at radius 1 is 1.44 bits per heavy atom. The summed E-state index contributed by atoms with van der Waals surface area (Å²) < 4.78 is 4.84. The van der Waals surface area contributed by atoms with Crippen molar-refractivity contribution in [3.63, 3.8) is 0 Å². The quantitative estimate of drug-likeness (QED) is 0.635. The van der Waals surface area contributed by atoms with Crippen LogP contribution in [0.3, 0.4) is 0 Å². The molecule has 0 aliphatic carbocycles. The fourth-order valence-electron chi connectivity index (χ4n) is 0.977. The lowest BCUT2D eigenvalue weighted by Crippen LogP contribution is -1.94. The Morgan fingerprint density at radius 3 is 2.81 bits per heavy atom. The summed E-state index contributed by atoms with van der Waals surface area (Å²) >= 11 is 1.35. The van der Waals surface area contributed by atoms with E-state index in [1.807, 2.05) is 0 Å². The van der Waals surface area contributed by atoms with Crippen molar-refractivity contribution < 1.29 is 14.4 Å². The number of aromatic carboxylic acids is 1. The molecule has 0 unspecified atom stereocenters. The van der Waals surface area contributed by atoms with E-state index in [2.05, 4.69) is 15.1 Å². The maximum Gasteiger partial charge on any atom is 0.358 e. The predicted molar refractivity (Wildman–Crippen MR) is 55.1 cm³/mol. The van der Waals surface area contributed by atoms with Crippen LogP contribution < -0.4 is 0 Å². The van der Waals surface area contributed by atoms with E-state index in [9.17, 15) is 4.79 Å². The topological polar surface area (TPSA) is 89.1 Å². The van der Waals surface area contributed by atoms with Gasteiger partial charge >= 0.3 is 5.97 Å². The van der Waals surface area contributed by atoms with E-state index in [0.717, 1.165) is 0 Å². The molecule has 0 aromatic carbocycles. The van der Waals surface area contributed by atoms with Crippen LogP contribution in [-0.2, 0) is 5.75 Å².